The van der Waals surface area contributed by atoms with E-state index in [0.29, 0.717) is 4.88 Å². The highest BCUT2D eigenvalue weighted by Gasteiger charge is 2.27. The molecular weight excluding hydrogens is 256 g/mol. The van der Waals surface area contributed by atoms with Crippen molar-refractivity contribution in [1.82, 2.24) is 0 Å². The molecule has 0 bridgehead atoms. The molecule has 0 aliphatic rings. The summed E-state index contributed by atoms with van der Waals surface area (Å²) in [4.78, 5) is 12.5. The molecule has 1 aromatic carbocycles. The SMILES string of the molecule is N#CC(C(=O)c1c(F)cccc1F)c1cccs1. The molecule has 0 spiro atoms. The van der Waals surface area contributed by atoms with E-state index in [9.17, 15) is 13.6 Å². The summed E-state index contributed by atoms with van der Waals surface area (Å²) in [6.45, 7) is 0. The Bertz CT molecular complexity index is 596. The minimum atomic E-state index is -1.17. The topological polar surface area (TPSA) is 40.9 Å². The number of thiophene rings is 1. The summed E-state index contributed by atoms with van der Waals surface area (Å²) < 4.78 is 26.9. The van der Waals surface area contributed by atoms with Gasteiger partial charge in [-0.25, -0.2) is 8.78 Å². The molecule has 0 amide bonds. The minimum Gasteiger partial charge on any atom is -0.292 e. The van der Waals surface area contributed by atoms with Gasteiger partial charge in [-0.1, -0.05) is 12.1 Å². The molecule has 0 aliphatic carbocycles. The van der Waals surface area contributed by atoms with Crippen molar-refractivity contribution in [2.24, 2.45) is 0 Å². The molecule has 1 aromatic heterocycles. The Kier molecular flexibility index (Phi) is 3.49. The van der Waals surface area contributed by atoms with Crippen LogP contribution >= 0.6 is 11.3 Å². The summed E-state index contributed by atoms with van der Waals surface area (Å²) in [7, 11) is 0. The zero-order valence-electron chi connectivity index (χ0n) is 9.06. The van der Waals surface area contributed by atoms with Gasteiger partial charge in [-0.05, 0) is 23.6 Å². The van der Waals surface area contributed by atoms with Gasteiger partial charge in [0, 0.05) is 4.88 Å². The molecule has 2 rings (SSSR count). The average Bonchev–Trinajstić information content (AvgIpc) is 2.83. The number of nitriles is 1. The van der Waals surface area contributed by atoms with Crippen LogP contribution in [0.15, 0.2) is 35.7 Å². The Hall–Kier alpha value is -2.06. The molecule has 5 heteroatoms. The Morgan fingerprint density at radius 1 is 1.22 bits per heavy atom. The molecule has 0 radical (unpaired) electrons. The van der Waals surface area contributed by atoms with Crippen LogP contribution in [0.25, 0.3) is 0 Å². The maximum atomic E-state index is 13.5. The Morgan fingerprint density at radius 2 is 1.89 bits per heavy atom. The number of rotatable bonds is 3. The molecule has 1 atom stereocenters. The van der Waals surface area contributed by atoms with E-state index in [4.69, 9.17) is 5.26 Å². The summed E-state index contributed by atoms with van der Waals surface area (Å²) in [6, 6.07) is 8.23. The third kappa shape index (κ3) is 2.15. The molecule has 0 aliphatic heterocycles. The highest BCUT2D eigenvalue weighted by Crippen LogP contribution is 2.26. The van der Waals surface area contributed by atoms with Crippen LogP contribution in [-0.4, -0.2) is 5.78 Å². The summed E-state index contributed by atoms with van der Waals surface area (Å²) >= 11 is 1.20. The van der Waals surface area contributed by atoms with Crippen molar-refractivity contribution < 1.29 is 13.6 Å². The van der Waals surface area contributed by atoms with Crippen LogP contribution in [0, 0.1) is 23.0 Å². The van der Waals surface area contributed by atoms with Crippen molar-refractivity contribution in [3.05, 3.63) is 57.8 Å². The van der Waals surface area contributed by atoms with Gasteiger partial charge in [0.15, 0.2) is 5.78 Å². The molecule has 0 saturated heterocycles. The Balaban J connectivity index is 2.46. The van der Waals surface area contributed by atoms with Gasteiger partial charge in [-0.2, -0.15) is 5.26 Å². The van der Waals surface area contributed by atoms with E-state index in [1.54, 1.807) is 23.6 Å². The van der Waals surface area contributed by atoms with Crippen LogP contribution in [0.2, 0.25) is 0 Å². The first-order chi connectivity index (χ1) is 8.65. The number of benzene rings is 1. The Labute approximate surface area is 106 Å². The van der Waals surface area contributed by atoms with E-state index < -0.39 is 28.9 Å². The third-order valence-corrected chi connectivity index (χ3v) is 3.37. The molecular formula is C13H7F2NOS. The average molecular weight is 263 g/mol. The maximum absolute atomic E-state index is 13.5. The fraction of sp³-hybridized carbons (Fsp3) is 0.0769. The molecule has 0 saturated carbocycles. The first-order valence-corrected chi connectivity index (χ1v) is 5.94. The normalized spacial score (nSPS) is 11.8. The molecule has 0 N–H and O–H groups in total. The third-order valence-electron chi connectivity index (χ3n) is 2.43. The standard InChI is InChI=1S/C13H7F2NOS/c14-9-3-1-4-10(15)12(9)13(17)8(7-16)11-5-2-6-18-11/h1-6,8H. The highest BCUT2D eigenvalue weighted by molar-refractivity contribution is 7.10. The first kappa shape index (κ1) is 12.4. The summed E-state index contributed by atoms with van der Waals surface area (Å²) in [5.41, 5.74) is -0.655. The van der Waals surface area contributed by atoms with Crippen molar-refractivity contribution >= 4 is 17.1 Å². The van der Waals surface area contributed by atoms with Crippen LogP contribution in [0.4, 0.5) is 8.78 Å². The zero-order chi connectivity index (χ0) is 13.1. The quantitative estimate of drug-likeness (QED) is 0.795. The van der Waals surface area contributed by atoms with Gasteiger partial charge in [-0.3, -0.25) is 4.79 Å². The van der Waals surface area contributed by atoms with Crippen molar-refractivity contribution in [2.75, 3.05) is 0 Å². The van der Waals surface area contributed by atoms with Crippen molar-refractivity contribution in [3.8, 4) is 6.07 Å². The molecule has 90 valence electrons. The van der Waals surface area contributed by atoms with Crippen molar-refractivity contribution in [3.63, 3.8) is 0 Å². The van der Waals surface area contributed by atoms with Gasteiger partial charge in [-0.15, -0.1) is 11.3 Å². The fourth-order valence-corrected chi connectivity index (χ4v) is 2.35. The number of nitrogens with zero attached hydrogens (tertiary/aromatic N) is 1. The molecule has 18 heavy (non-hydrogen) atoms. The highest BCUT2D eigenvalue weighted by atomic mass is 32.1. The van der Waals surface area contributed by atoms with Gasteiger partial charge in [0.1, 0.15) is 17.6 Å². The second kappa shape index (κ2) is 5.07. The Morgan fingerprint density at radius 3 is 2.39 bits per heavy atom. The molecule has 1 heterocycles. The lowest BCUT2D eigenvalue weighted by atomic mass is 9.96. The van der Waals surface area contributed by atoms with Gasteiger partial charge in [0.05, 0.1) is 11.6 Å². The lowest BCUT2D eigenvalue weighted by molar-refractivity contribution is 0.0971. The van der Waals surface area contributed by atoms with E-state index in [0.717, 1.165) is 12.1 Å². The van der Waals surface area contributed by atoms with E-state index in [2.05, 4.69) is 0 Å². The number of ketones is 1. The number of hydrogen-bond donors (Lipinski definition) is 0. The van der Waals surface area contributed by atoms with Crippen molar-refractivity contribution in [1.29, 1.82) is 5.26 Å². The summed E-state index contributed by atoms with van der Waals surface area (Å²) in [5.74, 6) is -3.92. The lowest BCUT2D eigenvalue weighted by Gasteiger charge is -2.07. The van der Waals surface area contributed by atoms with Crippen LogP contribution in [0.1, 0.15) is 21.2 Å². The van der Waals surface area contributed by atoms with Gasteiger partial charge < -0.3 is 0 Å². The van der Waals surface area contributed by atoms with Crippen LogP contribution in [-0.2, 0) is 0 Å². The predicted molar refractivity (Wildman–Crippen MR) is 63.4 cm³/mol. The van der Waals surface area contributed by atoms with Crippen LogP contribution in [0.3, 0.4) is 0 Å². The molecule has 1 unspecified atom stereocenters. The smallest absolute Gasteiger partial charge is 0.191 e. The van der Waals surface area contributed by atoms with E-state index in [-0.39, 0.29) is 0 Å². The monoisotopic (exact) mass is 263 g/mol. The maximum Gasteiger partial charge on any atom is 0.191 e. The van der Waals surface area contributed by atoms with Gasteiger partial charge in [0.25, 0.3) is 0 Å². The van der Waals surface area contributed by atoms with Crippen LogP contribution < -0.4 is 0 Å². The van der Waals surface area contributed by atoms with Gasteiger partial charge in [0.2, 0.25) is 0 Å². The van der Waals surface area contributed by atoms with E-state index >= 15 is 0 Å². The minimum absolute atomic E-state index is 0.477. The van der Waals surface area contributed by atoms with E-state index in [1.165, 1.54) is 17.4 Å². The second-order valence-electron chi connectivity index (χ2n) is 3.54. The molecule has 0 fully saturated rings. The van der Waals surface area contributed by atoms with Gasteiger partial charge >= 0.3 is 0 Å². The first-order valence-electron chi connectivity index (χ1n) is 5.06. The molecule has 2 aromatic rings. The zero-order valence-corrected chi connectivity index (χ0v) is 9.88. The molecule has 2 nitrogen and oxygen atoms in total. The lowest BCUT2D eigenvalue weighted by Crippen LogP contribution is -2.14. The van der Waals surface area contributed by atoms with E-state index in [1.807, 2.05) is 0 Å². The predicted octanol–water partition coefficient (Wildman–Crippen LogP) is 3.52. The number of carbonyl (C=O) groups excluding carboxylic acids is 1. The summed E-state index contributed by atoms with van der Waals surface area (Å²) in [5, 5.41) is 10.7. The number of carbonyl (C=O) groups is 1. The summed E-state index contributed by atoms with van der Waals surface area (Å²) in [6.07, 6.45) is 0. The number of Topliss-reactive ketones (excluding diaryl/α,β-unsaturated/α-hetero) is 1. The number of halogens is 2. The second-order valence-corrected chi connectivity index (χ2v) is 4.52. The fourth-order valence-electron chi connectivity index (χ4n) is 1.58. The number of hydrogen-bond acceptors (Lipinski definition) is 3. The van der Waals surface area contributed by atoms with Crippen molar-refractivity contribution in [2.45, 2.75) is 5.92 Å². The van der Waals surface area contributed by atoms with Crippen LogP contribution in [0.5, 0.6) is 0 Å². The largest absolute Gasteiger partial charge is 0.292 e.